The van der Waals surface area contributed by atoms with E-state index in [1.807, 2.05) is 0 Å². The summed E-state index contributed by atoms with van der Waals surface area (Å²) >= 11 is 0. The number of unbranched alkanes of at least 4 members (excludes halogenated alkanes) is 11. The van der Waals surface area contributed by atoms with Crippen molar-refractivity contribution in [2.45, 2.75) is 156 Å². The van der Waals surface area contributed by atoms with Gasteiger partial charge in [0.05, 0.1) is 0 Å². The largest absolute Gasteiger partial charge is 0.300 e. The zero-order valence-electron chi connectivity index (χ0n) is 23.5. The molecule has 1 unspecified atom stereocenters. The van der Waals surface area contributed by atoms with E-state index in [-0.39, 0.29) is 11.7 Å². The van der Waals surface area contributed by atoms with Gasteiger partial charge in [0, 0.05) is 32.1 Å². The van der Waals surface area contributed by atoms with Crippen LogP contribution in [0.2, 0.25) is 0 Å². The van der Waals surface area contributed by atoms with Crippen LogP contribution in [0.1, 0.15) is 156 Å². The average Bonchev–Trinajstić information content (AvgIpc) is 2.83. The van der Waals surface area contributed by atoms with E-state index in [2.05, 4.69) is 38.2 Å². The first-order chi connectivity index (χ1) is 17.0. The van der Waals surface area contributed by atoms with Crippen molar-refractivity contribution in [3.63, 3.8) is 0 Å². The van der Waals surface area contributed by atoms with Crippen LogP contribution >= 0.6 is 0 Å². The van der Waals surface area contributed by atoms with Gasteiger partial charge >= 0.3 is 0 Å². The van der Waals surface area contributed by atoms with E-state index in [1.54, 1.807) is 6.92 Å². The van der Waals surface area contributed by atoms with Gasteiger partial charge in [-0.2, -0.15) is 0 Å². The summed E-state index contributed by atoms with van der Waals surface area (Å²) in [6, 6.07) is 0. The molecule has 0 fully saturated rings. The van der Waals surface area contributed by atoms with Crippen molar-refractivity contribution >= 4 is 17.3 Å². The number of Topliss-reactive ketones (excluding diaryl/α,β-unsaturated/α-hetero) is 3. The smallest absolute Gasteiger partial charge is 0.133 e. The van der Waals surface area contributed by atoms with Crippen molar-refractivity contribution in [3.05, 3.63) is 24.3 Å². The summed E-state index contributed by atoms with van der Waals surface area (Å²) in [6.07, 6.45) is 29.9. The minimum atomic E-state index is 0.171. The van der Waals surface area contributed by atoms with Crippen molar-refractivity contribution < 1.29 is 14.4 Å². The first-order valence-corrected chi connectivity index (χ1v) is 14.8. The Balaban J connectivity index is 3.86. The molecule has 0 heterocycles. The molecule has 0 rings (SSSR count). The van der Waals surface area contributed by atoms with E-state index in [9.17, 15) is 14.4 Å². The molecule has 0 saturated heterocycles. The number of carbonyl (C=O) groups is 3. The van der Waals surface area contributed by atoms with Gasteiger partial charge in [0.2, 0.25) is 0 Å². The Kier molecular flexibility index (Phi) is 24.5. The van der Waals surface area contributed by atoms with Crippen LogP contribution in [0.4, 0.5) is 0 Å². The maximum absolute atomic E-state index is 12.3. The normalized spacial score (nSPS) is 12.5. The van der Waals surface area contributed by atoms with Gasteiger partial charge in [-0.25, -0.2) is 0 Å². The number of hydrogen-bond donors (Lipinski definition) is 0. The molecule has 0 aliphatic heterocycles. The molecule has 202 valence electrons. The molecule has 0 aliphatic carbocycles. The highest BCUT2D eigenvalue weighted by Crippen LogP contribution is 2.21. The maximum atomic E-state index is 12.3. The Morgan fingerprint density at radius 1 is 0.571 bits per heavy atom. The average molecular weight is 489 g/mol. The minimum absolute atomic E-state index is 0.171. The van der Waals surface area contributed by atoms with Gasteiger partial charge in [-0.15, -0.1) is 0 Å². The van der Waals surface area contributed by atoms with Crippen molar-refractivity contribution in [2.24, 2.45) is 5.92 Å². The number of ketones is 3. The molecular weight excluding hydrogens is 432 g/mol. The van der Waals surface area contributed by atoms with E-state index >= 15 is 0 Å². The van der Waals surface area contributed by atoms with Crippen molar-refractivity contribution in [1.82, 2.24) is 0 Å². The first-order valence-electron chi connectivity index (χ1n) is 14.8. The Morgan fingerprint density at radius 3 is 1.69 bits per heavy atom. The van der Waals surface area contributed by atoms with Gasteiger partial charge in [-0.3, -0.25) is 9.59 Å². The Bertz CT molecular complexity index is 588. The monoisotopic (exact) mass is 488 g/mol. The molecule has 3 nitrogen and oxygen atoms in total. The van der Waals surface area contributed by atoms with Crippen LogP contribution in [0.3, 0.4) is 0 Å². The summed E-state index contributed by atoms with van der Waals surface area (Å²) in [4.78, 5) is 36.0. The summed E-state index contributed by atoms with van der Waals surface area (Å²) < 4.78 is 0. The zero-order chi connectivity index (χ0) is 26.0. The van der Waals surface area contributed by atoms with Crippen molar-refractivity contribution in [3.8, 4) is 0 Å². The summed E-state index contributed by atoms with van der Waals surface area (Å²) in [5.74, 6) is 0.971. The molecule has 0 radical (unpaired) electrons. The number of carbonyl (C=O) groups excluding carboxylic acids is 3. The maximum Gasteiger partial charge on any atom is 0.133 e. The second kappa shape index (κ2) is 25.6. The SMILES string of the molecule is CCCCCC/C=C/C=C\CCCCCCCC(=O)CCC(CCC(C)=O)CC(=O)CCCCC. The lowest BCUT2D eigenvalue weighted by atomic mass is 9.89. The fraction of sp³-hybridized carbons (Fsp3) is 0.781. The fourth-order valence-corrected chi connectivity index (χ4v) is 4.40. The third-order valence-corrected chi connectivity index (χ3v) is 6.75. The van der Waals surface area contributed by atoms with Crippen LogP contribution in [0.25, 0.3) is 0 Å². The standard InChI is InChI=1S/C32H56O3/c1-4-6-8-9-10-11-12-13-14-15-16-17-18-19-21-22-31(34)27-26-30(25-24-29(3)33)28-32(35)23-20-7-5-2/h11-14,30H,4-10,15-28H2,1-3H3/b12-11+,14-13-. The summed E-state index contributed by atoms with van der Waals surface area (Å²) in [6.45, 7) is 5.99. The number of rotatable bonds is 26. The highest BCUT2D eigenvalue weighted by Gasteiger charge is 2.16. The van der Waals surface area contributed by atoms with Crippen LogP contribution in [0.15, 0.2) is 24.3 Å². The Hall–Kier alpha value is -1.51. The summed E-state index contributed by atoms with van der Waals surface area (Å²) in [5.41, 5.74) is 0. The lowest BCUT2D eigenvalue weighted by Crippen LogP contribution is -2.12. The van der Waals surface area contributed by atoms with Gasteiger partial charge in [0.25, 0.3) is 0 Å². The molecule has 0 aromatic carbocycles. The van der Waals surface area contributed by atoms with E-state index in [0.29, 0.717) is 43.7 Å². The molecular formula is C32H56O3. The highest BCUT2D eigenvalue weighted by atomic mass is 16.1. The van der Waals surface area contributed by atoms with Gasteiger partial charge in [-0.1, -0.05) is 89.5 Å². The van der Waals surface area contributed by atoms with Crippen LogP contribution < -0.4 is 0 Å². The molecule has 35 heavy (non-hydrogen) atoms. The quantitative estimate of drug-likeness (QED) is 0.0899. The van der Waals surface area contributed by atoms with Gasteiger partial charge in [0.1, 0.15) is 17.3 Å². The van der Waals surface area contributed by atoms with Crippen LogP contribution in [-0.4, -0.2) is 17.3 Å². The lowest BCUT2D eigenvalue weighted by molar-refractivity contribution is -0.122. The highest BCUT2D eigenvalue weighted by molar-refractivity contribution is 5.80. The minimum Gasteiger partial charge on any atom is -0.300 e. The second-order valence-electron chi connectivity index (χ2n) is 10.4. The third kappa shape index (κ3) is 25.4. The van der Waals surface area contributed by atoms with E-state index < -0.39 is 0 Å². The third-order valence-electron chi connectivity index (χ3n) is 6.75. The van der Waals surface area contributed by atoms with Crippen LogP contribution in [0.5, 0.6) is 0 Å². The molecule has 0 aromatic heterocycles. The van der Waals surface area contributed by atoms with Gasteiger partial charge in [-0.05, 0) is 64.2 Å². The molecule has 3 heteroatoms. The molecule has 0 spiro atoms. The molecule has 0 amide bonds. The summed E-state index contributed by atoms with van der Waals surface area (Å²) in [5, 5.41) is 0. The van der Waals surface area contributed by atoms with Crippen LogP contribution in [-0.2, 0) is 14.4 Å². The predicted octanol–water partition coefficient (Wildman–Crippen LogP) is 9.67. The van der Waals surface area contributed by atoms with Gasteiger partial charge in [0.15, 0.2) is 0 Å². The van der Waals surface area contributed by atoms with E-state index in [1.165, 1.54) is 51.4 Å². The molecule has 0 saturated carbocycles. The van der Waals surface area contributed by atoms with Gasteiger partial charge < -0.3 is 4.79 Å². The fourth-order valence-electron chi connectivity index (χ4n) is 4.40. The molecule has 1 atom stereocenters. The number of hydrogen-bond acceptors (Lipinski definition) is 3. The molecule has 0 aliphatic rings. The van der Waals surface area contributed by atoms with Crippen LogP contribution in [0, 0.1) is 5.92 Å². The van der Waals surface area contributed by atoms with Crippen molar-refractivity contribution in [2.75, 3.05) is 0 Å². The van der Waals surface area contributed by atoms with E-state index in [4.69, 9.17) is 0 Å². The zero-order valence-corrected chi connectivity index (χ0v) is 23.5. The first kappa shape index (κ1) is 33.5. The Labute approximate surface area is 217 Å². The molecule has 0 N–H and O–H groups in total. The number of allylic oxidation sites excluding steroid dienone is 4. The van der Waals surface area contributed by atoms with E-state index in [0.717, 1.165) is 51.4 Å². The molecule has 0 bridgehead atoms. The summed E-state index contributed by atoms with van der Waals surface area (Å²) in [7, 11) is 0. The second-order valence-corrected chi connectivity index (χ2v) is 10.4. The predicted molar refractivity (Wildman–Crippen MR) is 151 cm³/mol. The lowest BCUT2D eigenvalue weighted by Gasteiger charge is -2.15. The topological polar surface area (TPSA) is 51.2 Å². The Morgan fingerprint density at radius 2 is 1.06 bits per heavy atom. The van der Waals surface area contributed by atoms with Crippen molar-refractivity contribution in [1.29, 1.82) is 0 Å². The molecule has 0 aromatic rings.